The quantitative estimate of drug-likeness (QED) is 0.814. The number of carbonyl (C=O) groups excluding carboxylic acids is 1. The number of sulfone groups is 1. The van der Waals surface area contributed by atoms with Gasteiger partial charge in [-0.1, -0.05) is 37.6 Å². The van der Waals surface area contributed by atoms with E-state index in [-0.39, 0.29) is 36.0 Å². The standard InChI is InChI=1S/C16H23ClN2O3S/c1-11(2)16(12-3-5-13(17)6-4-12)18-9-15(20)19-14-7-8-23(21,22)10-14/h3-6,11,14,16,18H,7-10H2,1-2H3,(H,19,20)/t14-,16-/m0/s1. The van der Waals surface area contributed by atoms with Crippen LogP contribution >= 0.6 is 11.6 Å². The molecule has 128 valence electrons. The fourth-order valence-electron chi connectivity index (χ4n) is 2.80. The predicted octanol–water partition coefficient (Wildman–Crippen LogP) is 1.93. The molecule has 2 atom stereocenters. The van der Waals surface area contributed by atoms with Crippen LogP contribution in [-0.4, -0.2) is 38.4 Å². The average molecular weight is 359 g/mol. The van der Waals surface area contributed by atoms with Gasteiger partial charge in [0, 0.05) is 17.1 Å². The minimum Gasteiger partial charge on any atom is -0.351 e. The summed E-state index contributed by atoms with van der Waals surface area (Å²) < 4.78 is 22.8. The van der Waals surface area contributed by atoms with Gasteiger partial charge in [0.25, 0.3) is 0 Å². The fraction of sp³-hybridized carbons (Fsp3) is 0.562. The summed E-state index contributed by atoms with van der Waals surface area (Å²) in [7, 11) is -2.98. The van der Waals surface area contributed by atoms with E-state index in [1.165, 1.54) is 0 Å². The van der Waals surface area contributed by atoms with Crippen LogP contribution < -0.4 is 10.6 Å². The van der Waals surface area contributed by atoms with E-state index in [0.29, 0.717) is 17.4 Å². The van der Waals surface area contributed by atoms with E-state index in [1.54, 1.807) is 0 Å². The van der Waals surface area contributed by atoms with E-state index in [4.69, 9.17) is 11.6 Å². The second kappa shape index (κ2) is 7.64. The molecule has 1 heterocycles. The Morgan fingerprint density at radius 2 is 1.96 bits per heavy atom. The summed E-state index contributed by atoms with van der Waals surface area (Å²) in [6.45, 7) is 4.31. The molecule has 0 radical (unpaired) electrons. The second-order valence-corrected chi connectivity index (χ2v) is 8.99. The number of hydrogen-bond donors (Lipinski definition) is 2. The summed E-state index contributed by atoms with van der Waals surface area (Å²) in [6, 6.07) is 7.32. The van der Waals surface area contributed by atoms with Crippen molar-refractivity contribution in [3.63, 3.8) is 0 Å². The first-order valence-corrected chi connectivity index (χ1v) is 9.95. The molecule has 1 amide bonds. The third kappa shape index (κ3) is 5.48. The molecule has 0 spiro atoms. The van der Waals surface area contributed by atoms with E-state index >= 15 is 0 Å². The van der Waals surface area contributed by atoms with Crippen molar-refractivity contribution in [1.29, 1.82) is 0 Å². The molecule has 1 saturated heterocycles. The van der Waals surface area contributed by atoms with Crippen molar-refractivity contribution in [2.45, 2.75) is 32.4 Å². The van der Waals surface area contributed by atoms with Gasteiger partial charge in [0.1, 0.15) is 0 Å². The van der Waals surface area contributed by atoms with Crippen molar-refractivity contribution < 1.29 is 13.2 Å². The third-order valence-corrected chi connectivity index (χ3v) is 6.00. The van der Waals surface area contributed by atoms with Crippen LogP contribution in [0.25, 0.3) is 0 Å². The smallest absolute Gasteiger partial charge is 0.234 e. The molecular weight excluding hydrogens is 336 g/mol. The number of halogens is 1. The Labute approximate surface area is 142 Å². The van der Waals surface area contributed by atoms with Crippen molar-refractivity contribution in [2.75, 3.05) is 18.1 Å². The SMILES string of the molecule is CC(C)[C@H](NCC(=O)N[C@H]1CCS(=O)(=O)C1)c1ccc(Cl)cc1. The van der Waals surface area contributed by atoms with E-state index in [1.807, 2.05) is 24.3 Å². The molecule has 2 rings (SSSR count). The zero-order valence-corrected chi connectivity index (χ0v) is 15.0. The van der Waals surface area contributed by atoms with Crippen LogP contribution in [0.1, 0.15) is 31.9 Å². The third-order valence-electron chi connectivity index (χ3n) is 3.98. The lowest BCUT2D eigenvalue weighted by Gasteiger charge is -2.23. The first kappa shape index (κ1) is 18.2. The molecule has 2 N–H and O–H groups in total. The van der Waals surface area contributed by atoms with E-state index in [0.717, 1.165) is 5.56 Å². The summed E-state index contributed by atoms with van der Waals surface area (Å²) in [5.41, 5.74) is 1.07. The molecule has 1 aromatic carbocycles. The van der Waals surface area contributed by atoms with Crippen LogP contribution in [0, 0.1) is 5.92 Å². The molecule has 23 heavy (non-hydrogen) atoms. The highest BCUT2D eigenvalue weighted by Gasteiger charge is 2.29. The van der Waals surface area contributed by atoms with Gasteiger partial charge >= 0.3 is 0 Å². The molecule has 7 heteroatoms. The predicted molar refractivity (Wildman–Crippen MR) is 92.2 cm³/mol. The van der Waals surface area contributed by atoms with Gasteiger partial charge in [-0.3, -0.25) is 4.79 Å². The molecule has 1 aliphatic rings. The van der Waals surface area contributed by atoms with Gasteiger partial charge in [0.05, 0.1) is 18.1 Å². The summed E-state index contributed by atoms with van der Waals surface area (Å²) in [5, 5.41) is 6.71. The topological polar surface area (TPSA) is 75.3 Å². The summed E-state index contributed by atoms with van der Waals surface area (Å²) >= 11 is 5.91. The number of nitrogens with one attached hydrogen (secondary N) is 2. The summed E-state index contributed by atoms with van der Waals surface area (Å²) in [6.07, 6.45) is 0.499. The van der Waals surface area contributed by atoms with Gasteiger partial charge in [-0.15, -0.1) is 0 Å². The van der Waals surface area contributed by atoms with Crippen LogP contribution in [0.15, 0.2) is 24.3 Å². The molecule has 1 fully saturated rings. The molecule has 0 saturated carbocycles. The summed E-state index contributed by atoms with van der Waals surface area (Å²) in [5.74, 6) is 0.330. The highest BCUT2D eigenvalue weighted by molar-refractivity contribution is 7.91. The molecule has 5 nitrogen and oxygen atoms in total. The average Bonchev–Trinajstić information content (AvgIpc) is 2.79. The zero-order valence-electron chi connectivity index (χ0n) is 13.4. The Hall–Kier alpha value is -1.11. The normalized spacial score (nSPS) is 21.3. The number of amides is 1. The Morgan fingerprint density at radius 1 is 1.30 bits per heavy atom. The summed E-state index contributed by atoms with van der Waals surface area (Å²) in [4.78, 5) is 12.0. The molecule has 1 aliphatic heterocycles. The maximum Gasteiger partial charge on any atom is 0.234 e. The molecule has 0 bridgehead atoms. The van der Waals surface area contributed by atoms with Crippen molar-refractivity contribution in [3.05, 3.63) is 34.9 Å². The lowest BCUT2D eigenvalue weighted by atomic mass is 9.96. The van der Waals surface area contributed by atoms with Crippen molar-refractivity contribution in [1.82, 2.24) is 10.6 Å². The highest BCUT2D eigenvalue weighted by atomic mass is 35.5. The lowest BCUT2D eigenvalue weighted by Crippen LogP contribution is -2.42. The van der Waals surface area contributed by atoms with Crippen molar-refractivity contribution in [2.24, 2.45) is 5.92 Å². The maximum absolute atomic E-state index is 12.0. The number of rotatable bonds is 6. The Bertz CT molecular complexity index is 644. The van der Waals surface area contributed by atoms with Crippen molar-refractivity contribution >= 4 is 27.3 Å². The molecular formula is C16H23ClN2O3S. The minimum absolute atomic E-state index is 0.0327. The number of carbonyl (C=O) groups is 1. The minimum atomic E-state index is -2.98. The van der Waals surface area contributed by atoms with Crippen LogP contribution in [0.4, 0.5) is 0 Å². The second-order valence-electron chi connectivity index (χ2n) is 6.32. The zero-order chi connectivity index (χ0) is 17.0. The van der Waals surface area contributed by atoms with Gasteiger partial charge in [-0.05, 0) is 30.0 Å². The van der Waals surface area contributed by atoms with Crippen LogP contribution in [-0.2, 0) is 14.6 Å². The molecule has 0 aromatic heterocycles. The Morgan fingerprint density at radius 3 is 2.48 bits per heavy atom. The monoisotopic (exact) mass is 358 g/mol. The van der Waals surface area contributed by atoms with Crippen LogP contribution in [0.5, 0.6) is 0 Å². The highest BCUT2D eigenvalue weighted by Crippen LogP contribution is 2.23. The lowest BCUT2D eigenvalue weighted by molar-refractivity contribution is -0.121. The fourth-order valence-corrected chi connectivity index (χ4v) is 4.60. The van der Waals surface area contributed by atoms with E-state index in [2.05, 4.69) is 24.5 Å². The molecule has 1 aromatic rings. The van der Waals surface area contributed by atoms with Gasteiger partial charge in [0.2, 0.25) is 5.91 Å². The van der Waals surface area contributed by atoms with Gasteiger partial charge in [-0.2, -0.15) is 0 Å². The van der Waals surface area contributed by atoms with E-state index in [9.17, 15) is 13.2 Å². The van der Waals surface area contributed by atoms with Gasteiger partial charge < -0.3 is 10.6 Å². The maximum atomic E-state index is 12.0. The molecule has 0 aliphatic carbocycles. The van der Waals surface area contributed by atoms with Crippen LogP contribution in [0.3, 0.4) is 0 Å². The number of benzene rings is 1. The number of hydrogen-bond acceptors (Lipinski definition) is 4. The Kier molecular flexibility index (Phi) is 6.06. The largest absolute Gasteiger partial charge is 0.351 e. The van der Waals surface area contributed by atoms with Gasteiger partial charge in [0.15, 0.2) is 9.84 Å². The van der Waals surface area contributed by atoms with Gasteiger partial charge in [-0.25, -0.2) is 8.42 Å². The first-order valence-electron chi connectivity index (χ1n) is 7.75. The molecule has 0 unspecified atom stereocenters. The van der Waals surface area contributed by atoms with Crippen molar-refractivity contribution in [3.8, 4) is 0 Å². The first-order chi connectivity index (χ1) is 10.8. The van der Waals surface area contributed by atoms with E-state index < -0.39 is 9.84 Å². The van der Waals surface area contributed by atoms with Crippen LogP contribution in [0.2, 0.25) is 5.02 Å². The Balaban J connectivity index is 1.89.